The lowest BCUT2D eigenvalue weighted by atomic mass is 9.72. The van der Waals surface area contributed by atoms with Gasteiger partial charge in [0.15, 0.2) is 0 Å². The van der Waals surface area contributed by atoms with Crippen molar-refractivity contribution in [3.63, 3.8) is 0 Å². The fraction of sp³-hybridized carbons (Fsp3) is 1.00. The van der Waals surface area contributed by atoms with Gasteiger partial charge >= 0.3 is 0 Å². The molecule has 3 heteroatoms. The number of piperazine rings is 1. The highest BCUT2D eigenvalue weighted by Crippen LogP contribution is 2.37. The Morgan fingerprint density at radius 2 is 1.94 bits per heavy atom. The average Bonchev–Trinajstić information content (AvgIpc) is 2.32. The number of hydrogen-bond donors (Lipinski definition) is 1. The van der Waals surface area contributed by atoms with Gasteiger partial charge in [0, 0.05) is 37.8 Å². The third kappa shape index (κ3) is 3.06. The van der Waals surface area contributed by atoms with Crippen LogP contribution in [0.15, 0.2) is 0 Å². The lowest BCUT2D eigenvalue weighted by Gasteiger charge is -2.49. The van der Waals surface area contributed by atoms with E-state index >= 15 is 0 Å². The average molecular weight is 253 g/mol. The Morgan fingerprint density at radius 1 is 1.22 bits per heavy atom. The minimum absolute atomic E-state index is 0.518. The second-order valence-electron chi connectivity index (χ2n) is 7.19. The molecule has 2 fully saturated rings. The van der Waals surface area contributed by atoms with Crippen LogP contribution in [-0.2, 0) is 0 Å². The molecule has 1 saturated carbocycles. The molecule has 1 heterocycles. The van der Waals surface area contributed by atoms with Crippen molar-refractivity contribution in [2.45, 2.75) is 58.2 Å². The van der Waals surface area contributed by atoms with Gasteiger partial charge in [-0.25, -0.2) is 0 Å². The zero-order valence-corrected chi connectivity index (χ0v) is 12.9. The number of hydrogen-bond acceptors (Lipinski definition) is 3. The van der Waals surface area contributed by atoms with Crippen molar-refractivity contribution < 1.29 is 0 Å². The van der Waals surface area contributed by atoms with E-state index in [2.05, 4.69) is 50.0 Å². The second-order valence-corrected chi connectivity index (χ2v) is 7.19. The normalized spacial score (nSPS) is 38.8. The van der Waals surface area contributed by atoms with Crippen LogP contribution in [0.3, 0.4) is 0 Å². The lowest BCUT2D eigenvalue weighted by molar-refractivity contribution is 0.0168. The highest BCUT2D eigenvalue weighted by molar-refractivity contribution is 4.96. The van der Waals surface area contributed by atoms with Gasteiger partial charge in [0.1, 0.15) is 0 Å². The summed E-state index contributed by atoms with van der Waals surface area (Å²) in [5.74, 6) is 0. The lowest BCUT2D eigenvalue weighted by Crippen LogP contribution is -2.60. The predicted octanol–water partition coefficient (Wildman–Crippen LogP) is 1.79. The first-order chi connectivity index (χ1) is 8.43. The maximum Gasteiger partial charge on any atom is 0.0255 e. The van der Waals surface area contributed by atoms with Crippen molar-refractivity contribution in [3.8, 4) is 0 Å². The van der Waals surface area contributed by atoms with E-state index in [0.717, 1.165) is 6.04 Å². The van der Waals surface area contributed by atoms with Gasteiger partial charge in [0.2, 0.25) is 0 Å². The third-order valence-corrected chi connectivity index (χ3v) is 5.19. The zero-order chi connectivity index (χ0) is 13.3. The number of nitrogens with zero attached hydrogens (tertiary/aromatic N) is 2. The van der Waals surface area contributed by atoms with E-state index in [-0.39, 0.29) is 0 Å². The SMILES string of the molecule is CNC1CCC(C)(C)CC1N1CCN(C)C(C)C1. The standard InChI is InChI=1S/C15H31N3/c1-12-11-18(9-8-17(12)5)14-10-15(2,3)7-6-13(14)16-4/h12-14,16H,6-11H2,1-5H3. The van der Waals surface area contributed by atoms with E-state index in [1.807, 2.05) is 0 Å². The first kappa shape index (κ1) is 14.3. The fourth-order valence-electron chi connectivity index (χ4n) is 3.65. The smallest absolute Gasteiger partial charge is 0.0255 e. The molecule has 0 aromatic carbocycles. The molecular weight excluding hydrogens is 222 g/mol. The molecule has 2 aliphatic rings. The molecule has 1 aliphatic heterocycles. The molecule has 0 radical (unpaired) electrons. The van der Waals surface area contributed by atoms with Crippen LogP contribution in [0.4, 0.5) is 0 Å². The highest BCUT2D eigenvalue weighted by atomic mass is 15.3. The van der Waals surface area contributed by atoms with E-state index in [1.54, 1.807) is 0 Å². The Balaban J connectivity index is 2.04. The molecule has 0 aromatic heterocycles. The Kier molecular flexibility index (Phi) is 4.35. The van der Waals surface area contributed by atoms with Gasteiger partial charge in [-0.3, -0.25) is 4.90 Å². The summed E-state index contributed by atoms with van der Waals surface area (Å²) in [5, 5.41) is 3.56. The third-order valence-electron chi connectivity index (χ3n) is 5.19. The van der Waals surface area contributed by atoms with E-state index in [9.17, 15) is 0 Å². The molecule has 0 spiro atoms. The maximum absolute atomic E-state index is 3.56. The van der Waals surface area contributed by atoms with Gasteiger partial charge < -0.3 is 10.2 Å². The molecule has 0 aromatic rings. The predicted molar refractivity (Wildman–Crippen MR) is 77.9 cm³/mol. The van der Waals surface area contributed by atoms with Crippen molar-refractivity contribution in [1.29, 1.82) is 0 Å². The summed E-state index contributed by atoms with van der Waals surface area (Å²) in [6, 6.07) is 2.12. The zero-order valence-electron chi connectivity index (χ0n) is 12.9. The van der Waals surface area contributed by atoms with Crippen LogP contribution < -0.4 is 5.32 Å². The molecule has 0 bridgehead atoms. The van der Waals surface area contributed by atoms with Gasteiger partial charge in [0.25, 0.3) is 0 Å². The van der Waals surface area contributed by atoms with E-state index < -0.39 is 0 Å². The van der Waals surface area contributed by atoms with Gasteiger partial charge in [0.05, 0.1) is 0 Å². The Morgan fingerprint density at radius 3 is 2.56 bits per heavy atom. The monoisotopic (exact) mass is 253 g/mol. The van der Waals surface area contributed by atoms with Gasteiger partial charge in [-0.05, 0) is 45.7 Å². The second kappa shape index (κ2) is 5.48. The van der Waals surface area contributed by atoms with Crippen molar-refractivity contribution >= 4 is 0 Å². The summed E-state index contributed by atoms with van der Waals surface area (Å²) >= 11 is 0. The number of nitrogens with one attached hydrogen (secondary N) is 1. The summed E-state index contributed by atoms with van der Waals surface area (Å²) in [4.78, 5) is 5.23. The molecular formula is C15H31N3. The van der Waals surface area contributed by atoms with Crippen molar-refractivity contribution in [1.82, 2.24) is 15.1 Å². The Hall–Kier alpha value is -0.120. The first-order valence-corrected chi connectivity index (χ1v) is 7.54. The molecule has 1 N–H and O–H groups in total. The largest absolute Gasteiger partial charge is 0.315 e. The minimum atomic E-state index is 0.518. The van der Waals surface area contributed by atoms with Crippen LogP contribution in [-0.4, -0.2) is 61.7 Å². The van der Waals surface area contributed by atoms with Gasteiger partial charge in [-0.2, -0.15) is 0 Å². The summed E-state index contributed by atoms with van der Waals surface area (Å²) in [6.07, 6.45) is 4.03. The molecule has 3 atom stereocenters. The van der Waals surface area contributed by atoms with E-state index in [1.165, 1.54) is 38.9 Å². The highest BCUT2D eigenvalue weighted by Gasteiger charge is 2.38. The molecule has 1 aliphatic carbocycles. The summed E-state index contributed by atoms with van der Waals surface area (Å²) in [5.41, 5.74) is 0.518. The maximum atomic E-state index is 3.56. The Labute approximate surface area is 113 Å². The van der Waals surface area contributed by atoms with Crippen LogP contribution >= 0.6 is 0 Å². The van der Waals surface area contributed by atoms with Crippen LogP contribution in [0.25, 0.3) is 0 Å². The summed E-state index contributed by atoms with van der Waals surface area (Å²) in [7, 11) is 4.39. The van der Waals surface area contributed by atoms with Crippen LogP contribution in [0.5, 0.6) is 0 Å². The van der Waals surface area contributed by atoms with Crippen molar-refractivity contribution in [2.24, 2.45) is 5.41 Å². The summed E-state index contributed by atoms with van der Waals surface area (Å²) < 4.78 is 0. The fourth-order valence-corrected chi connectivity index (χ4v) is 3.65. The topological polar surface area (TPSA) is 18.5 Å². The Bertz CT molecular complexity index is 277. The molecule has 2 rings (SSSR count). The number of likely N-dealkylation sites (N-methyl/N-ethyl adjacent to an activating group) is 2. The molecule has 18 heavy (non-hydrogen) atoms. The van der Waals surface area contributed by atoms with Crippen LogP contribution in [0, 0.1) is 5.41 Å². The van der Waals surface area contributed by atoms with Crippen LogP contribution in [0.2, 0.25) is 0 Å². The quantitative estimate of drug-likeness (QED) is 0.809. The summed E-state index contributed by atoms with van der Waals surface area (Å²) in [6.45, 7) is 10.9. The van der Waals surface area contributed by atoms with Crippen LogP contribution in [0.1, 0.15) is 40.0 Å². The molecule has 0 amide bonds. The first-order valence-electron chi connectivity index (χ1n) is 7.54. The molecule has 3 nitrogen and oxygen atoms in total. The van der Waals surface area contributed by atoms with E-state index in [0.29, 0.717) is 17.5 Å². The van der Waals surface area contributed by atoms with Gasteiger partial charge in [-0.15, -0.1) is 0 Å². The number of rotatable bonds is 2. The molecule has 106 valence electrons. The van der Waals surface area contributed by atoms with Gasteiger partial charge in [-0.1, -0.05) is 13.8 Å². The molecule has 3 unspecified atom stereocenters. The van der Waals surface area contributed by atoms with E-state index in [4.69, 9.17) is 0 Å². The molecule has 1 saturated heterocycles. The van der Waals surface area contributed by atoms with Crippen molar-refractivity contribution in [3.05, 3.63) is 0 Å². The van der Waals surface area contributed by atoms with Crippen molar-refractivity contribution in [2.75, 3.05) is 33.7 Å². The minimum Gasteiger partial charge on any atom is -0.315 e.